The molecule has 1 aromatic heterocycles. The van der Waals surface area contributed by atoms with Crippen LogP contribution in [0.5, 0.6) is 0 Å². The summed E-state index contributed by atoms with van der Waals surface area (Å²) >= 11 is 0. The molecule has 142 valence electrons. The molecule has 0 radical (unpaired) electrons. The average molecular weight is 359 g/mol. The number of aromatic nitrogens is 2. The quantitative estimate of drug-likeness (QED) is 0.872. The number of nitrogens with one attached hydrogen (secondary N) is 1. The lowest BCUT2D eigenvalue weighted by molar-refractivity contribution is -0.131. The summed E-state index contributed by atoms with van der Waals surface area (Å²) in [5, 5.41) is 3.09. The average Bonchev–Trinajstić information content (AvgIpc) is 2.91. The Balaban J connectivity index is 1.75. The molecular formula is C19H29N5O2. The van der Waals surface area contributed by atoms with Crippen molar-refractivity contribution in [3.05, 3.63) is 23.8 Å². The van der Waals surface area contributed by atoms with E-state index in [-0.39, 0.29) is 23.4 Å². The Morgan fingerprint density at radius 3 is 2.42 bits per heavy atom. The molecule has 3 rings (SSSR count). The van der Waals surface area contributed by atoms with Crippen LogP contribution in [-0.2, 0) is 22.6 Å². The van der Waals surface area contributed by atoms with Crippen molar-refractivity contribution in [2.24, 2.45) is 0 Å². The minimum absolute atomic E-state index is 0.0174. The minimum Gasteiger partial charge on any atom is -0.352 e. The summed E-state index contributed by atoms with van der Waals surface area (Å²) in [7, 11) is 0. The highest BCUT2D eigenvalue weighted by Crippen LogP contribution is 2.39. The summed E-state index contributed by atoms with van der Waals surface area (Å²) < 4.78 is 0. The van der Waals surface area contributed by atoms with Crippen LogP contribution in [0.1, 0.15) is 51.4 Å². The van der Waals surface area contributed by atoms with E-state index in [9.17, 15) is 9.59 Å². The van der Waals surface area contributed by atoms with Gasteiger partial charge in [0.2, 0.25) is 11.8 Å². The van der Waals surface area contributed by atoms with Gasteiger partial charge in [0.25, 0.3) is 0 Å². The van der Waals surface area contributed by atoms with E-state index in [1.54, 1.807) is 13.8 Å². The number of carbonyl (C=O) groups excluding carboxylic acids is 2. The third-order valence-electron chi connectivity index (χ3n) is 5.73. The predicted octanol–water partition coefficient (Wildman–Crippen LogP) is 1.13. The van der Waals surface area contributed by atoms with Crippen LogP contribution in [0.3, 0.4) is 0 Å². The Kier molecular flexibility index (Phi) is 5.55. The number of hydrogen-bond donors (Lipinski definition) is 1. The largest absolute Gasteiger partial charge is 0.352 e. The highest BCUT2D eigenvalue weighted by molar-refractivity contribution is 5.73. The van der Waals surface area contributed by atoms with Crippen LogP contribution in [-0.4, -0.2) is 62.8 Å². The number of rotatable bonds is 4. The van der Waals surface area contributed by atoms with E-state index in [1.165, 1.54) is 0 Å². The lowest BCUT2D eigenvalue weighted by Gasteiger charge is -2.44. The van der Waals surface area contributed by atoms with Gasteiger partial charge in [-0.25, -0.2) is 9.97 Å². The molecule has 0 saturated carbocycles. The van der Waals surface area contributed by atoms with E-state index in [0.717, 1.165) is 63.3 Å². The topological polar surface area (TPSA) is 78.4 Å². The van der Waals surface area contributed by atoms with Crippen LogP contribution >= 0.6 is 0 Å². The van der Waals surface area contributed by atoms with Crippen molar-refractivity contribution < 1.29 is 9.59 Å². The Morgan fingerprint density at radius 1 is 1.23 bits per heavy atom. The van der Waals surface area contributed by atoms with Gasteiger partial charge in [-0.2, -0.15) is 0 Å². The molecule has 0 bridgehead atoms. The summed E-state index contributed by atoms with van der Waals surface area (Å²) in [5.74, 6) is 1.02. The van der Waals surface area contributed by atoms with E-state index >= 15 is 0 Å². The maximum atomic E-state index is 11.7. The summed E-state index contributed by atoms with van der Waals surface area (Å²) in [4.78, 5) is 36.5. The van der Waals surface area contributed by atoms with Crippen molar-refractivity contribution in [2.45, 2.75) is 64.6 Å². The van der Waals surface area contributed by atoms with Crippen molar-refractivity contribution in [1.29, 1.82) is 0 Å². The number of nitrogens with zero attached hydrogens (tertiary/aromatic N) is 4. The molecule has 2 aliphatic heterocycles. The van der Waals surface area contributed by atoms with E-state index in [2.05, 4.69) is 20.2 Å². The van der Waals surface area contributed by atoms with Gasteiger partial charge in [0.15, 0.2) is 0 Å². The molecule has 0 aliphatic carbocycles. The summed E-state index contributed by atoms with van der Waals surface area (Å²) in [6.45, 7) is 8.43. The predicted molar refractivity (Wildman–Crippen MR) is 98.3 cm³/mol. The standard InChI is InChI=1S/C19H29N5O2/c1-4-18-20-10-16(11-21-18)12-24-13-17(22-14(2)25)9-19(24)5-7-23(8-6-19)15(3)26/h10-11,17H,4-9,12-13H2,1-3H3,(H,22,25). The molecule has 2 saturated heterocycles. The summed E-state index contributed by atoms with van der Waals surface area (Å²) in [6, 6.07) is 0.159. The fraction of sp³-hybridized carbons (Fsp3) is 0.684. The van der Waals surface area contributed by atoms with Crippen LogP contribution in [0.2, 0.25) is 0 Å². The second kappa shape index (κ2) is 7.70. The molecule has 3 heterocycles. The molecule has 1 N–H and O–H groups in total. The van der Waals surface area contributed by atoms with Gasteiger partial charge < -0.3 is 10.2 Å². The molecule has 1 spiro atoms. The van der Waals surface area contributed by atoms with E-state index in [4.69, 9.17) is 0 Å². The van der Waals surface area contributed by atoms with Crippen molar-refractivity contribution in [3.8, 4) is 0 Å². The Labute approximate surface area is 155 Å². The number of aryl methyl sites for hydroxylation is 1. The van der Waals surface area contributed by atoms with Crippen LogP contribution in [0.15, 0.2) is 12.4 Å². The highest BCUT2D eigenvalue weighted by atomic mass is 16.2. The molecular weight excluding hydrogens is 330 g/mol. The molecule has 7 heteroatoms. The number of piperidine rings is 1. The molecule has 26 heavy (non-hydrogen) atoms. The maximum absolute atomic E-state index is 11.7. The van der Waals surface area contributed by atoms with Gasteiger partial charge in [-0.3, -0.25) is 14.5 Å². The SMILES string of the molecule is CCc1ncc(CN2CC(NC(C)=O)CC23CCN(C(C)=O)CC3)cn1. The molecule has 2 fully saturated rings. The fourth-order valence-corrected chi connectivity index (χ4v) is 4.35. The Morgan fingerprint density at radius 2 is 1.88 bits per heavy atom. The van der Waals surface area contributed by atoms with Crippen molar-refractivity contribution in [2.75, 3.05) is 19.6 Å². The molecule has 2 aliphatic rings. The Bertz CT molecular complexity index is 652. The zero-order valence-electron chi connectivity index (χ0n) is 16.0. The number of likely N-dealkylation sites (tertiary alicyclic amines) is 2. The summed E-state index contributed by atoms with van der Waals surface area (Å²) in [5.41, 5.74) is 1.13. The molecule has 2 amide bonds. The van der Waals surface area contributed by atoms with Crippen molar-refractivity contribution in [1.82, 2.24) is 25.1 Å². The first-order valence-electron chi connectivity index (χ1n) is 9.49. The first-order valence-corrected chi connectivity index (χ1v) is 9.49. The third-order valence-corrected chi connectivity index (χ3v) is 5.73. The van der Waals surface area contributed by atoms with Crippen LogP contribution in [0.4, 0.5) is 0 Å². The number of amides is 2. The van der Waals surface area contributed by atoms with Gasteiger partial charge in [0.05, 0.1) is 0 Å². The van der Waals surface area contributed by atoms with Gasteiger partial charge in [0, 0.05) is 76.0 Å². The lowest BCUT2D eigenvalue weighted by atomic mass is 9.84. The van der Waals surface area contributed by atoms with Crippen molar-refractivity contribution >= 4 is 11.8 Å². The zero-order valence-corrected chi connectivity index (χ0v) is 16.0. The van der Waals surface area contributed by atoms with Crippen LogP contribution in [0, 0.1) is 0 Å². The van der Waals surface area contributed by atoms with Gasteiger partial charge in [-0.15, -0.1) is 0 Å². The zero-order chi connectivity index (χ0) is 18.7. The molecule has 1 aromatic rings. The number of carbonyl (C=O) groups is 2. The minimum atomic E-state index is 0.0174. The van der Waals surface area contributed by atoms with E-state index < -0.39 is 0 Å². The monoisotopic (exact) mass is 359 g/mol. The molecule has 7 nitrogen and oxygen atoms in total. The lowest BCUT2D eigenvalue weighted by Crippen LogP contribution is -2.52. The molecule has 1 unspecified atom stereocenters. The van der Waals surface area contributed by atoms with E-state index in [0.29, 0.717) is 0 Å². The highest BCUT2D eigenvalue weighted by Gasteiger charge is 2.47. The number of hydrogen-bond acceptors (Lipinski definition) is 5. The molecule has 0 aromatic carbocycles. The first kappa shape index (κ1) is 18.8. The van der Waals surface area contributed by atoms with Gasteiger partial charge in [-0.05, 0) is 19.3 Å². The smallest absolute Gasteiger partial charge is 0.219 e. The van der Waals surface area contributed by atoms with Crippen LogP contribution < -0.4 is 5.32 Å². The third kappa shape index (κ3) is 4.03. The van der Waals surface area contributed by atoms with Gasteiger partial charge in [-0.1, -0.05) is 6.92 Å². The maximum Gasteiger partial charge on any atom is 0.219 e. The van der Waals surface area contributed by atoms with Gasteiger partial charge >= 0.3 is 0 Å². The van der Waals surface area contributed by atoms with Crippen molar-refractivity contribution in [3.63, 3.8) is 0 Å². The first-order chi connectivity index (χ1) is 12.4. The Hall–Kier alpha value is -2.02. The second-order valence-electron chi connectivity index (χ2n) is 7.57. The molecule has 1 atom stereocenters. The summed E-state index contributed by atoms with van der Waals surface area (Å²) in [6.07, 6.45) is 7.48. The fourth-order valence-electron chi connectivity index (χ4n) is 4.35. The van der Waals surface area contributed by atoms with Gasteiger partial charge in [0.1, 0.15) is 5.82 Å². The van der Waals surface area contributed by atoms with E-state index in [1.807, 2.05) is 24.2 Å². The van der Waals surface area contributed by atoms with Crippen LogP contribution in [0.25, 0.3) is 0 Å². The normalized spacial score (nSPS) is 22.6. The second-order valence-corrected chi connectivity index (χ2v) is 7.57.